The zero-order chi connectivity index (χ0) is 20.1. The Morgan fingerprint density at radius 3 is 2.45 bits per heavy atom. The molecule has 0 N–H and O–H groups in total. The fourth-order valence-corrected chi connectivity index (χ4v) is 3.99. The lowest BCUT2D eigenvalue weighted by Gasteiger charge is -2.24. The minimum absolute atomic E-state index is 0.117. The van der Waals surface area contributed by atoms with Gasteiger partial charge in [0.2, 0.25) is 5.76 Å². The van der Waals surface area contributed by atoms with Crippen molar-refractivity contribution in [3.63, 3.8) is 0 Å². The number of hydrogen-bond donors (Lipinski definition) is 0. The molecule has 29 heavy (non-hydrogen) atoms. The van der Waals surface area contributed by atoms with Crippen LogP contribution < -0.4 is 5.43 Å². The standard InChI is InChI=1S/C24H19NO4/c1-14-11-18-19(12-15(14)2)29-23-20(22(18)26)21(16-7-4-3-5-8-16)25(24(23)27)13-17-9-6-10-28-17/h3-12,21H,13H2,1-2H3. The summed E-state index contributed by atoms with van der Waals surface area (Å²) in [5.41, 5.74) is 3.56. The van der Waals surface area contributed by atoms with E-state index >= 15 is 0 Å². The minimum atomic E-state index is -0.522. The van der Waals surface area contributed by atoms with E-state index in [2.05, 4.69) is 0 Å². The molecule has 0 bridgehead atoms. The van der Waals surface area contributed by atoms with Gasteiger partial charge in [-0.2, -0.15) is 0 Å². The highest BCUT2D eigenvalue weighted by Gasteiger charge is 2.43. The van der Waals surface area contributed by atoms with Gasteiger partial charge in [0.05, 0.1) is 29.8 Å². The summed E-state index contributed by atoms with van der Waals surface area (Å²) in [5.74, 6) is 0.462. The second kappa shape index (κ2) is 6.48. The van der Waals surface area contributed by atoms with Crippen LogP contribution in [-0.2, 0) is 6.54 Å². The maximum atomic E-state index is 13.5. The van der Waals surface area contributed by atoms with Crippen LogP contribution in [0.4, 0.5) is 0 Å². The summed E-state index contributed by atoms with van der Waals surface area (Å²) in [6.07, 6.45) is 1.57. The van der Waals surface area contributed by atoms with Crippen LogP contribution in [0.15, 0.2) is 74.5 Å². The smallest absolute Gasteiger partial charge is 0.291 e. The Bertz CT molecular complexity index is 1290. The molecule has 5 rings (SSSR count). The number of benzene rings is 2. The lowest BCUT2D eigenvalue weighted by Crippen LogP contribution is -2.29. The number of carbonyl (C=O) groups is 1. The van der Waals surface area contributed by atoms with E-state index in [1.807, 2.05) is 62.4 Å². The number of aryl methyl sites for hydroxylation is 2. The van der Waals surface area contributed by atoms with E-state index < -0.39 is 6.04 Å². The molecule has 0 fully saturated rings. The number of fused-ring (bicyclic) bond motifs is 2. The molecule has 5 heteroatoms. The van der Waals surface area contributed by atoms with Crippen LogP contribution in [0.25, 0.3) is 11.0 Å². The topological polar surface area (TPSA) is 63.7 Å². The van der Waals surface area contributed by atoms with Gasteiger partial charge in [-0.25, -0.2) is 0 Å². The molecule has 1 amide bonds. The first kappa shape index (κ1) is 17.5. The van der Waals surface area contributed by atoms with Crippen LogP contribution in [0.2, 0.25) is 0 Å². The van der Waals surface area contributed by atoms with Crippen LogP contribution in [0, 0.1) is 13.8 Å². The van der Waals surface area contributed by atoms with Crippen molar-refractivity contribution in [2.75, 3.05) is 0 Å². The van der Waals surface area contributed by atoms with Crippen LogP contribution in [0.3, 0.4) is 0 Å². The SMILES string of the molecule is Cc1cc2oc3c(c(=O)c2cc1C)C(c1ccccc1)N(Cc1ccco1)C3=O. The Morgan fingerprint density at radius 1 is 0.966 bits per heavy atom. The van der Waals surface area contributed by atoms with E-state index in [-0.39, 0.29) is 23.6 Å². The Kier molecular flexibility index (Phi) is 3.91. The Balaban J connectivity index is 1.77. The number of nitrogens with zero attached hydrogens (tertiary/aromatic N) is 1. The molecule has 2 aromatic heterocycles. The summed E-state index contributed by atoms with van der Waals surface area (Å²) in [6, 6.07) is 16.3. The molecule has 1 atom stereocenters. The van der Waals surface area contributed by atoms with E-state index in [0.717, 1.165) is 16.7 Å². The number of amides is 1. The zero-order valence-electron chi connectivity index (χ0n) is 16.1. The lowest BCUT2D eigenvalue weighted by molar-refractivity contribution is 0.0701. The molecule has 1 aliphatic rings. The van der Waals surface area contributed by atoms with Gasteiger partial charge in [-0.05, 0) is 54.8 Å². The van der Waals surface area contributed by atoms with Gasteiger partial charge < -0.3 is 13.7 Å². The highest BCUT2D eigenvalue weighted by atomic mass is 16.3. The van der Waals surface area contributed by atoms with E-state index in [1.54, 1.807) is 17.2 Å². The summed E-state index contributed by atoms with van der Waals surface area (Å²) in [7, 11) is 0. The van der Waals surface area contributed by atoms with Crippen LogP contribution in [0.1, 0.15) is 44.6 Å². The van der Waals surface area contributed by atoms with Gasteiger partial charge >= 0.3 is 0 Å². The van der Waals surface area contributed by atoms with Crippen molar-refractivity contribution in [1.29, 1.82) is 0 Å². The average Bonchev–Trinajstić information content (AvgIpc) is 3.32. The summed E-state index contributed by atoms with van der Waals surface area (Å²) < 4.78 is 11.5. The molecule has 3 heterocycles. The normalized spacial score (nSPS) is 15.9. The monoisotopic (exact) mass is 385 g/mol. The van der Waals surface area contributed by atoms with Gasteiger partial charge in [0, 0.05) is 0 Å². The Morgan fingerprint density at radius 2 is 1.72 bits per heavy atom. The summed E-state index contributed by atoms with van der Waals surface area (Å²) >= 11 is 0. The molecular formula is C24H19NO4. The lowest BCUT2D eigenvalue weighted by atomic mass is 9.97. The van der Waals surface area contributed by atoms with Gasteiger partial charge in [0.1, 0.15) is 11.3 Å². The third kappa shape index (κ3) is 2.70. The van der Waals surface area contributed by atoms with Crippen molar-refractivity contribution in [3.8, 4) is 0 Å². The van der Waals surface area contributed by atoms with Gasteiger partial charge in [0.15, 0.2) is 5.43 Å². The number of carbonyl (C=O) groups excluding carboxylic acids is 1. The molecule has 4 aromatic rings. The van der Waals surface area contributed by atoms with Gasteiger partial charge in [-0.15, -0.1) is 0 Å². The molecule has 2 aromatic carbocycles. The van der Waals surface area contributed by atoms with Gasteiger partial charge in [-0.3, -0.25) is 9.59 Å². The summed E-state index contributed by atoms with van der Waals surface area (Å²) in [6.45, 7) is 4.17. The van der Waals surface area contributed by atoms with Crippen LogP contribution in [0.5, 0.6) is 0 Å². The van der Waals surface area contributed by atoms with Crippen molar-refractivity contribution < 1.29 is 13.6 Å². The van der Waals surface area contributed by atoms with Gasteiger partial charge in [-0.1, -0.05) is 30.3 Å². The fourth-order valence-electron chi connectivity index (χ4n) is 3.99. The maximum Gasteiger partial charge on any atom is 0.291 e. The third-order valence-corrected chi connectivity index (χ3v) is 5.60. The van der Waals surface area contributed by atoms with Crippen LogP contribution >= 0.6 is 0 Å². The summed E-state index contributed by atoms with van der Waals surface area (Å²) in [5, 5.41) is 0.500. The first-order valence-electron chi connectivity index (χ1n) is 9.51. The second-order valence-corrected chi connectivity index (χ2v) is 7.43. The molecular weight excluding hydrogens is 366 g/mol. The van der Waals surface area contributed by atoms with Crippen molar-refractivity contribution in [2.24, 2.45) is 0 Å². The number of rotatable bonds is 3. The molecule has 0 saturated heterocycles. The first-order chi connectivity index (χ1) is 14.0. The van der Waals surface area contributed by atoms with Crippen molar-refractivity contribution in [2.45, 2.75) is 26.4 Å². The molecule has 1 aliphatic heterocycles. The number of hydrogen-bond acceptors (Lipinski definition) is 4. The highest BCUT2D eigenvalue weighted by Crippen LogP contribution is 2.39. The third-order valence-electron chi connectivity index (χ3n) is 5.60. The molecule has 0 aliphatic carbocycles. The average molecular weight is 385 g/mol. The molecule has 0 spiro atoms. The molecule has 0 radical (unpaired) electrons. The van der Waals surface area contributed by atoms with E-state index in [4.69, 9.17) is 8.83 Å². The van der Waals surface area contributed by atoms with Crippen LogP contribution in [-0.4, -0.2) is 10.8 Å². The van der Waals surface area contributed by atoms with E-state index in [0.29, 0.717) is 22.3 Å². The Labute approximate surface area is 167 Å². The fraction of sp³-hybridized carbons (Fsp3) is 0.167. The Hall–Kier alpha value is -3.60. The molecule has 1 unspecified atom stereocenters. The van der Waals surface area contributed by atoms with Crippen molar-refractivity contribution in [3.05, 3.63) is 105 Å². The predicted molar refractivity (Wildman–Crippen MR) is 109 cm³/mol. The molecule has 144 valence electrons. The second-order valence-electron chi connectivity index (χ2n) is 7.43. The quantitative estimate of drug-likeness (QED) is 0.511. The predicted octanol–water partition coefficient (Wildman–Crippen LogP) is 4.75. The first-order valence-corrected chi connectivity index (χ1v) is 9.51. The van der Waals surface area contributed by atoms with Gasteiger partial charge in [0.25, 0.3) is 5.91 Å². The minimum Gasteiger partial charge on any atom is -0.467 e. The maximum absolute atomic E-state index is 13.5. The number of furan rings is 1. The zero-order valence-corrected chi connectivity index (χ0v) is 16.1. The largest absolute Gasteiger partial charge is 0.467 e. The van der Waals surface area contributed by atoms with Crippen molar-refractivity contribution in [1.82, 2.24) is 4.90 Å². The molecule has 0 saturated carbocycles. The van der Waals surface area contributed by atoms with E-state index in [1.165, 1.54) is 0 Å². The highest BCUT2D eigenvalue weighted by molar-refractivity contribution is 5.99. The van der Waals surface area contributed by atoms with E-state index in [9.17, 15) is 9.59 Å². The summed E-state index contributed by atoms with van der Waals surface area (Å²) in [4.78, 5) is 28.4. The van der Waals surface area contributed by atoms with Crippen molar-refractivity contribution >= 4 is 16.9 Å². The molecule has 5 nitrogen and oxygen atoms in total.